The first-order valence-corrected chi connectivity index (χ1v) is 5.93. The molecule has 13 heavy (non-hydrogen) atoms. The van der Waals surface area contributed by atoms with Crippen molar-refractivity contribution >= 4 is 17.7 Å². The minimum Gasteiger partial charge on any atom is -0.353 e. The van der Waals surface area contributed by atoms with Crippen molar-refractivity contribution in [3.05, 3.63) is 0 Å². The molecule has 0 saturated carbocycles. The summed E-state index contributed by atoms with van der Waals surface area (Å²) in [6.07, 6.45) is 1.33. The van der Waals surface area contributed by atoms with E-state index in [9.17, 15) is 4.79 Å². The molecule has 0 fully saturated rings. The van der Waals surface area contributed by atoms with Crippen LogP contribution in [0.15, 0.2) is 0 Å². The van der Waals surface area contributed by atoms with Gasteiger partial charge in [-0.05, 0) is 25.6 Å². The summed E-state index contributed by atoms with van der Waals surface area (Å²) >= 11 is 1.84. The monoisotopic (exact) mass is 204 g/mol. The van der Waals surface area contributed by atoms with Crippen LogP contribution >= 0.6 is 11.8 Å². The average Bonchev–Trinajstić information content (AvgIpc) is 2.11. The lowest BCUT2D eigenvalue weighted by Gasteiger charge is -2.12. The minimum atomic E-state index is 0.120. The van der Waals surface area contributed by atoms with E-state index < -0.39 is 0 Å². The third kappa shape index (κ3) is 8.12. The van der Waals surface area contributed by atoms with Gasteiger partial charge in [-0.3, -0.25) is 4.79 Å². The highest BCUT2D eigenvalue weighted by molar-refractivity contribution is 7.99. The molecule has 1 unspecified atom stereocenters. The SMILES string of the molecule is CCSCC(C)NC(=O)CCCN. The molecule has 3 nitrogen and oxygen atoms in total. The van der Waals surface area contributed by atoms with Crippen molar-refractivity contribution in [2.75, 3.05) is 18.1 Å². The zero-order valence-electron chi connectivity index (χ0n) is 8.51. The van der Waals surface area contributed by atoms with Gasteiger partial charge in [-0.1, -0.05) is 6.92 Å². The van der Waals surface area contributed by atoms with Crippen molar-refractivity contribution in [3.8, 4) is 0 Å². The first-order valence-electron chi connectivity index (χ1n) is 4.77. The molecule has 3 N–H and O–H groups in total. The van der Waals surface area contributed by atoms with Crippen LogP contribution in [0.2, 0.25) is 0 Å². The molecule has 0 aliphatic rings. The van der Waals surface area contributed by atoms with Crippen molar-refractivity contribution < 1.29 is 4.79 Å². The Balaban J connectivity index is 3.41. The topological polar surface area (TPSA) is 55.1 Å². The van der Waals surface area contributed by atoms with Gasteiger partial charge in [-0.15, -0.1) is 0 Å². The minimum absolute atomic E-state index is 0.120. The molecular weight excluding hydrogens is 184 g/mol. The Labute approximate surface area is 84.8 Å². The van der Waals surface area contributed by atoms with Crippen molar-refractivity contribution in [1.29, 1.82) is 0 Å². The first kappa shape index (κ1) is 12.8. The summed E-state index contributed by atoms with van der Waals surface area (Å²) in [5, 5.41) is 2.93. The fourth-order valence-electron chi connectivity index (χ4n) is 0.946. The molecule has 0 saturated heterocycles. The number of thioether (sulfide) groups is 1. The molecule has 0 aliphatic heterocycles. The van der Waals surface area contributed by atoms with Gasteiger partial charge in [-0.25, -0.2) is 0 Å². The largest absolute Gasteiger partial charge is 0.353 e. The van der Waals surface area contributed by atoms with Gasteiger partial charge in [0.2, 0.25) is 5.91 Å². The highest BCUT2D eigenvalue weighted by Crippen LogP contribution is 2.01. The standard InChI is InChI=1S/C9H20N2OS/c1-3-13-7-8(2)11-9(12)5-4-6-10/h8H,3-7,10H2,1-2H3,(H,11,12). The van der Waals surface area contributed by atoms with Gasteiger partial charge in [-0.2, -0.15) is 11.8 Å². The Bertz CT molecular complexity index is 142. The smallest absolute Gasteiger partial charge is 0.220 e. The van der Waals surface area contributed by atoms with Gasteiger partial charge in [0.1, 0.15) is 0 Å². The van der Waals surface area contributed by atoms with Crippen LogP contribution in [0.5, 0.6) is 0 Å². The van der Waals surface area contributed by atoms with Gasteiger partial charge in [0.15, 0.2) is 0 Å². The van der Waals surface area contributed by atoms with Crippen LogP contribution in [0, 0.1) is 0 Å². The van der Waals surface area contributed by atoms with E-state index in [2.05, 4.69) is 12.2 Å². The van der Waals surface area contributed by atoms with Crippen LogP contribution in [-0.2, 0) is 4.79 Å². The van der Waals surface area contributed by atoms with Gasteiger partial charge in [0.25, 0.3) is 0 Å². The molecule has 0 heterocycles. The normalized spacial score (nSPS) is 12.5. The predicted octanol–water partition coefficient (Wildman–Crippen LogP) is 0.983. The number of rotatable bonds is 7. The van der Waals surface area contributed by atoms with Gasteiger partial charge in [0, 0.05) is 18.2 Å². The molecule has 1 atom stereocenters. The van der Waals surface area contributed by atoms with Gasteiger partial charge in [0.05, 0.1) is 0 Å². The van der Waals surface area contributed by atoms with Crippen molar-refractivity contribution in [2.45, 2.75) is 32.7 Å². The summed E-state index contributed by atoms with van der Waals surface area (Å²) in [6, 6.07) is 0.273. The predicted molar refractivity (Wildman–Crippen MR) is 58.9 cm³/mol. The van der Waals surface area contributed by atoms with Crippen LogP contribution in [0.4, 0.5) is 0 Å². The Morgan fingerprint density at radius 2 is 2.31 bits per heavy atom. The maximum absolute atomic E-state index is 11.2. The molecule has 4 heteroatoms. The van der Waals surface area contributed by atoms with Crippen LogP contribution in [-0.4, -0.2) is 30.0 Å². The van der Waals surface area contributed by atoms with Crippen LogP contribution in [0.1, 0.15) is 26.7 Å². The second-order valence-corrected chi connectivity index (χ2v) is 4.34. The summed E-state index contributed by atoms with van der Waals surface area (Å²) in [7, 11) is 0. The second-order valence-electron chi connectivity index (χ2n) is 3.02. The molecular formula is C9H20N2OS. The van der Waals surface area contributed by atoms with E-state index in [-0.39, 0.29) is 11.9 Å². The Morgan fingerprint density at radius 1 is 1.62 bits per heavy atom. The quantitative estimate of drug-likeness (QED) is 0.650. The summed E-state index contributed by atoms with van der Waals surface area (Å²) in [6.45, 7) is 4.74. The van der Waals surface area contributed by atoms with E-state index in [0.29, 0.717) is 13.0 Å². The summed E-state index contributed by atoms with van der Waals surface area (Å²) < 4.78 is 0. The Morgan fingerprint density at radius 3 is 2.85 bits per heavy atom. The van der Waals surface area contributed by atoms with E-state index in [1.54, 1.807) is 0 Å². The molecule has 1 amide bonds. The molecule has 0 spiro atoms. The number of hydrogen-bond acceptors (Lipinski definition) is 3. The van der Waals surface area contributed by atoms with E-state index in [1.165, 1.54) is 0 Å². The van der Waals surface area contributed by atoms with E-state index in [1.807, 2.05) is 18.7 Å². The van der Waals surface area contributed by atoms with E-state index in [0.717, 1.165) is 17.9 Å². The molecule has 78 valence electrons. The third-order valence-electron chi connectivity index (χ3n) is 1.59. The van der Waals surface area contributed by atoms with E-state index >= 15 is 0 Å². The molecule has 0 rings (SSSR count). The first-order chi connectivity index (χ1) is 6.20. The highest BCUT2D eigenvalue weighted by atomic mass is 32.2. The number of carbonyl (C=O) groups excluding carboxylic acids is 1. The summed E-state index contributed by atoms with van der Waals surface area (Å²) in [5.41, 5.74) is 5.30. The lowest BCUT2D eigenvalue weighted by Crippen LogP contribution is -2.34. The molecule has 0 bridgehead atoms. The molecule has 0 aromatic carbocycles. The number of carbonyl (C=O) groups is 1. The zero-order chi connectivity index (χ0) is 10.1. The molecule has 0 radical (unpaired) electrons. The Hall–Kier alpha value is -0.220. The van der Waals surface area contributed by atoms with Crippen molar-refractivity contribution in [2.24, 2.45) is 5.73 Å². The summed E-state index contributed by atoms with van der Waals surface area (Å²) in [4.78, 5) is 11.2. The maximum atomic E-state index is 11.2. The van der Waals surface area contributed by atoms with Crippen LogP contribution in [0.3, 0.4) is 0 Å². The number of nitrogens with two attached hydrogens (primary N) is 1. The lowest BCUT2D eigenvalue weighted by molar-refractivity contribution is -0.121. The fourth-order valence-corrected chi connectivity index (χ4v) is 1.62. The second kappa shape index (κ2) is 8.38. The number of hydrogen-bond donors (Lipinski definition) is 2. The number of nitrogens with one attached hydrogen (secondary N) is 1. The maximum Gasteiger partial charge on any atom is 0.220 e. The molecule has 0 aromatic heterocycles. The molecule has 0 aromatic rings. The summed E-state index contributed by atoms with van der Waals surface area (Å²) in [5.74, 6) is 2.21. The lowest BCUT2D eigenvalue weighted by atomic mass is 10.3. The zero-order valence-corrected chi connectivity index (χ0v) is 9.32. The van der Waals surface area contributed by atoms with Crippen LogP contribution < -0.4 is 11.1 Å². The van der Waals surface area contributed by atoms with Gasteiger partial charge >= 0.3 is 0 Å². The fraction of sp³-hybridized carbons (Fsp3) is 0.889. The molecule has 0 aliphatic carbocycles. The van der Waals surface area contributed by atoms with Crippen molar-refractivity contribution in [1.82, 2.24) is 5.32 Å². The average molecular weight is 204 g/mol. The highest BCUT2D eigenvalue weighted by Gasteiger charge is 2.05. The van der Waals surface area contributed by atoms with Crippen molar-refractivity contribution in [3.63, 3.8) is 0 Å². The van der Waals surface area contributed by atoms with Crippen LogP contribution in [0.25, 0.3) is 0 Å². The number of amides is 1. The Kier molecular flexibility index (Phi) is 8.24. The van der Waals surface area contributed by atoms with E-state index in [4.69, 9.17) is 5.73 Å². The third-order valence-corrected chi connectivity index (χ3v) is 2.73. The van der Waals surface area contributed by atoms with Gasteiger partial charge < -0.3 is 11.1 Å².